The topological polar surface area (TPSA) is 102 Å². The van der Waals surface area contributed by atoms with Gasteiger partial charge in [-0.3, -0.25) is 9.69 Å². The first-order chi connectivity index (χ1) is 10.3. The Morgan fingerprint density at radius 1 is 1.36 bits per heavy atom. The molecule has 8 nitrogen and oxygen atoms in total. The Hall–Kier alpha value is -1.52. The molecular weight excluding hydrogens is 308 g/mol. The number of hydroxylamine groups is 1. The summed E-state index contributed by atoms with van der Waals surface area (Å²) in [5.41, 5.74) is 4.51. The van der Waals surface area contributed by atoms with Gasteiger partial charge in [-0.15, -0.1) is 0 Å². The van der Waals surface area contributed by atoms with Crippen molar-refractivity contribution in [1.82, 2.24) is 14.7 Å². The second-order valence-electron chi connectivity index (χ2n) is 5.81. The molecule has 0 spiro atoms. The fraction of sp³-hybridized carbons (Fsp3) is 0.462. The zero-order valence-electron chi connectivity index (χ0n) is 12.5. The third kappa shape index (κ3) is 2.05. The number of benzene rings is 1. The quantitative estimate of drug-likeness (QED) is 0.668. The van der Waals surface area contributed by atoms with Crippen molar-refractivity contribution in [2.45, 2.75) is 24.0 Å². The molecule has 0 fully saturated rings. The van der Waals surface area contributed by atoms with Crippen molar-refractivity contribution in [2.75, 3.05) is 26.5 Å². The Labute approximate surface area is 128 Å². The molecular formula is C13H18N4O4S. The third-order valence-electron chi connectivity index (χ3n) is 4.10. The van der Waals surface area contributed by atoms with E-state index in [9.17, 15) is 18.4 Å². The van der Waals surface area contributed by atoms with Crippen molar-refractivity contribution < 1.29 is 18.4 Å². The van der Waals surface area contributed by atoms with Crippen LogP contribution in [0.15, 0.2) is 11.0 Å². The second-order valence-corrected chi connectivity index (χ2v) is 7.93. The minimum absolute atomic E-state index is 0.187. The van der Waals surface area contributed by atoms with Gasteiger partial charge in [0.05, 0.1) is 10.6 Å². The zero-order valence-corrected chi connectivity index (χ0v) is 13.4. The number of carbonyl (C=O) groups excluding carboxylic acids is 1. The minimum Gasteiger partial charge on any atom is -0.324 e. The third-order valence-corrected chi connectivity index (χ3v) is 5.99. The van der Waals surface area contributed by atoms with E-state index >= 15 is 0 Å². The summed E-state index contributed by atoms with van der Waals surface area (Å²) in [6.07, 6.45) is 0. The van der Waals surface area contributed by atoms with E-state index in [1.807, 2.05) is 17.4 Å². The van der Waals surface area contributed by atoms with Gasteiger partial charge in [-0.1, -0.05) is 0 Å². The average molecular weight is 326 g/mol. The molecule has 2 aliphatic heterocycles. The summed E-state index contributed by atoms with van der Waals surface area (Å²) in [7, 11) is 1.19. The van der Waals surface area contributed by atoms with Crippen LogP contribution in [0.3, 0.4) is 0 Å². The Balaban J connectivity index is 2.29. The molecule has 3 rings (SSSR count). The van der Waals surface area contributed by atoms with Gasteiger partial charge in [0.1, 0.15) is 6.04 Å². The Kier molecular flexibility index (Phi) is 3.49. The summed E-state index contributed by atoms with van der Waals surface area (Å²) in [4.78, 5) is 14.1. The maximum atomic E-state index is 12.6. The number of nitrogens with one attached hydrogen (secondary N) is 2. The van der Waals surface area contributed by atoms with Crippen LogP contribution in [0.1, 0.15) is 22.7 Å². The van der Waals surface area contributed by atoms with Crippen LogP contribution in [0.5, 0.6) is 0 Å². The maximum Gasteiger partial charge on any atom is 0.248 e. The highest BCUT2D eigenvalue weighted by molar-refractivity contribution is 7.89. The summed E-state index contributed by atoms with van der Waals surface area (Å²) in [5.74, 6) is -0.395. The van der Waals surface area contributed by atoms with Crippen LogP contribution < -0.4 is 10.8 Å². The number of fused-ring (bicyclic) bond motifs is 3. The van der Waals surface area contributed by atoms with Crippen LogP contribution in [-0.2, 0) is 27.9 Å². The lowest BCUT2D eigenvalue weighted by atomic mass is 10.0. The second kappa shape index (κ2) is 5.00. The monoisotopic (exact) mass is 326 g/mol. The van der Waals surface area contributed by atoms with Crippen LogP contribution in [0.2, 0.25) is 0 Å². The zero-order chi connectivity index (χ0) is 16.2. The van der Waals surface area contributed by atoms with E-state index in [1.54, 1.807) is 0 Å². The van der Waals surface area contributed by atoms with Crippen molar-refractivity contribution >= 4 is 21.6 Å². The number of amides is 1. The van der Waals surface area contributed by atoms with Gasteiger partial charge < -0.3 is 10.5 Å². The van der Waals surface area contributed by atoms with Crippen molar-refractivity contribution in [3.8, 4) is 0 Å². The number of hydrogen-bond donors (Lipinski definition) is 3. The molecule has 22 heavy (non-hydrogen) atoms. The van der Waals surface area contributed by atoms with E-state index in [4.69, 9.17) is 0 Å². The van der Waals surface area contributed by atoms with Gasteiger partial charge >= 0.3 is 0 Å². The summed E-state index contributed by atoms with van der Waals surface area (Å²) in [5, 5.41) is 11.9. The first kappa shape index (κ1) is 15.4. The molecule has 1 aromatic carbocycles. The molecule has 1 aromatic rings. The highest BCUT2D eigenvalue weighted by Gasteiger charge is 2.38. The summed E-state index contributed by atoms with van der Waals surface area (Å²) >= 11 is 0. The lowest BCUT2D eigenvalue weighted by Crippen LogP contribution is -2.25. The van der Waals surface area contributed by atoms with Crippen molar-refractivity contribution in [2.24, 2.45) is 0 Å². The molecule has 0 radical (unpaired) electrons. The average Bonchev–Trinajstić information content (AvgIpc) is 2.96. The molecule has 0 saturated carbocycles. The van der Waals surface area contributed by atoms with Crippen LogP contribution in [0.4, 0.5) is 5.69 Å². The van der Waals surface area contributed by atoms with Gasteiger partial charge in [0.25, 0.3) is 0 Å². The van der Waals surface area contributed by atoms with Crippen molar-refractivity contribution in [3.05, 3.63) is 22.8 Å². The highest BCUT2D eigenvalue weighted by Crippen LogP contribution is 2.42. The smallest absolute Gasteiger partial charge is 0.248 e. The summed E-state index contributed by atoms with van der Waals surface area (Å²) < 4.78 is 26.3. The fourth-order valence-corrected chi connectivity index (χ4v) is 4.15. The lowest BCUT2D eigenvalue weighted by Gasteiger charge is -2.17. The number of anilines is 1. The molecule has 2 aliphatic rings. The Morgan fingerprint density at radius 2 is 2.00 bits per heavy atom. The van der Waals surface area contributed by atoms with Gasteiger partial charge in [0, 0.05) is 32.7 Å². The predicted octanol–water partition coefficient (Wildman–Crippen LogP) is -0.146. The molecule has 1 amide bonds. The molecule has 3 N–H and O–H groups in total. The van der Waals surface area contributed by atoms with Gasteiger partial charge in [-0.25, -0.2) is 12.7 Å². The number of sulfonamides is 1. The SMILES string of the molecule is CN1Cc2c(S(=O)(=O)N(C)C)cc3c(c2C1)NC(=O)C3NO. The standard InChI is InChI=1S/C13H18N4O4S/c1-16(2)22(20,21)10-4-7-11(14-13(18)12(7)15-19)9-6-17(3)5-8(9)10/h4,12,15,19H,5-6H2,1-3H3,(H,14,18). The largest absolute Gasteiger partial charge is 0.324 e. The van der Waals surface area contributed by atoms with Gasteiger partial charge in [-0.05, 0) is 24.2 Å². The maximum absolute atomic E-state index is 12.6. The fourth-order valence-electron chi connectivity index (χ4n) is 2.98. The molecule has 0 saturated heterocycles. The van der Waals surface area contributed by atoms with Crippen molar-refractivity contribution in [1.29, 1.82) is 0 Å². The predicted molar refractivity (Wildman–Crippen MR) is 78.8 cm³/mol. The lowest BCUT2D eigenvalue weighted by molar-refractivity contribution is -0.120. The first-order valence-corrected chi connectivity index (χ1v) is 8.21. The molecule has 1 atom stereocenters. The first-order valence-electron chi connectivity index (χ1n) is 6.77. The minimum atomic E-state index is -3.64. The van der Waals surface area contributed by atoms with E-state index in [0.717, 1.165) is 9.87 Å². The summed E-state index contributed by atoms with van der Waals surface area (Å²) in [6, 6.07) is 0.524. The number of nitrogens with zero attached hydrogens (tertiary/aromatic N) is 2. The Bertz CT molecular complexity index is 760. The van der Waals surface area contributed by atoms with E-state index in [2.05, 4.69) is 5.32 Å². The van der Waals surface area contributed by atoms with Crippen LogP contribution in [0, 0.1) is 0 Å². The van der Waals surface area contributed by atoms with E-state index in [-0.39, 0.29) is 4.90 Å². The molecule has 1 unspecified atom stereocenters. The van der Waals surface area contributed by atoms with Gasteiger partial charge in [0.15, 0.2) is 0 Å². The number of rotatable bonds is 3. The van der Waals surface area contributed by atoms with Crippen LogP contribution >= 0.6 is 0 Å². The molecule has 2 heterocycles. The normalized spacial score (nSPS) is 21.1. The molecule has 120 valence electrons. The van der Waals surface area contributed by atoms with E-state index in [0.29, 0.717) is 29.9 Å². The highest BCUT2D eigenvalue weighted by atomic mass is 32.2. The number of hydrogen-bond acceptors (Lipinski definition) is 6. The Morgan fingerprint density at radius 3 is 2.59 bits per heavy atom. The molecule has 9 heteroatoms. The molecule has 0 bridgehead atoms. The molecule has 0 aliphatic carbocycles. The summed E-state index contributed by atoms with van der Waals surface area (Å²) in [6.45, 7) is 1.05. The van der Waals surface area contributed by atoms with Gasteiger partial charge in [0.2, 0.25) is 15.9 Å². The van der Waals surface area contributed by atoms with Crippen LogP contribution in [-0.4, -0.2) is 49.9 Å². The number of carbonyl (C=O) groups is 1. The van der Waals surface area contributed by atoms with E-state index in [1.165, 1.54) is 20.2 Å². The van der Waals surface area contributed by atoms with Crippen LogP contribution in [0.25, 0.3) is 0 Å². The molecule has 0 aromatic heterocycles. The van der Waals surface area contributed by atoms with Gasteiger partial charge in [-0.2, -0.15) is 5.48 Å². The van der Waals surface area contributed by atoms with Crippen molar-refractivity contribution in [3.63, 3.8) is 0 Å². The van der Waals surface area contributed by atoms with E-state index < -0.39 is 22.0 Å².